The number of aliphatic imine (C=N–C) groups is 1. The molecule has 1 atom stereocenters. The van der Waals surface area contributed by atoms with Gasteiger partial charge in [0.25, 0.3) is 0 Å². The number of carbonyl (C=O) groups excluding carboxylic acids is 1. The number of rotatable bonds is 1. The van der Waals surface area contributed by atoms with Crippen LogP contribution in [-0.2, 0) is 4.79 Å². The van der Waals surface area contributed by atoms with Gasteiger partial charge in [-0.3, -0.25) is 4.79 Å². The predicted molar refractivity (Wildman–Crippen MR) is 55.4 cm³/mol. The zero-order valence-electron chi connectivity index (χ0n) is 7.40. The fraction of sp³-hybridized carbons (Fsp3) is 0.200. The average Bonchev–Trinajstić information content (AvgIpc) is 2.18. The molecule has 0 bridgehead atoms. The molecule has 0 spiro atoms. The summed E-state index contributed by atoms with van der Waals surface area (Å²) in [4.78, 5) is 15.3. The zero-order chi connectivity index (χ0) is 9.97. The van der Waals surface area contributed by atoms with E-state index in [4.69, 9.17) is 11.6 Å². The normalized spacial score (nSPS) is 21.4. The largest absolute Gasteiger partial charge is 0.310 e. The number of amides is 1. The molecule has 72 valence electrons. The average molecular weight is 209 g/mol. The molecule has 0 fully saturated rings. The lowest BCUT2D eigenvalue weighted by atomic mass is 10.2. The molecule has 0 saturated carbocycles. The van der Waals surface area contributed by atoms with Gasteiger partial charge in [0.05, 0.1) is 6.42 Å². The van der Waals surface area contributed by atoms with Gasteiger partial charge < -0.3 is 5.32 Å². The van der Waals surface area contributed by atoms with Gasteiger partial charge in [-0.2, -0.15) is 0 Å². The van der Waals surface area contributed by atoms with Crippen LogP contribution in [0.2, 0.25) is 0 Å². The van der Waals surface area contributed by atoms with Crippen molar-refractivity contribution < 1.29 is 4.79 Å². The summed E-state index contributed by atoms with van der Waals surface area (Å²) in [6, 6.07) is 9.46. The molecule has 1 aliphatic heterocycles. The molecule has 1 aromatic rings. The van der Waals surface area contributed by atoms with Crippen molar-refractivity contribution in [3.63, 3.8) is 0 Å². The third-order valence-corrected chi connectivity index (χ3v) is 2.18. The molecule has 1 aromatic carbocycles. The quantitative estimate of drug-likeness (QED) is 0.552. The first-order valence-electron chi connectivity index (χ1n) is 4.33. The number of benzene rings is 1. The van der Waals surface area contributed by atoms with Crippen LogP contribution in [0, 0.1) is 0 Å². The van der Waals surface area contributed by atoms with Crippen molar-refractivity contribution in [2.45, 2.75) is 11.9 Å². The molecule has 1 unspecified atom stereocenters. The number of halogens is 1. The van der Waals surface area contributed by atoms with Crippen LogP contribution in [-0.4, -0.2) is 17.2 Å². The van der Waals surface area contributed by atoms with Gasteiger partial charge in [0, 0.05) is 5.56 Å². The molecule has 1 amide bonds. The van der Waals surface area contributed by atoms with Crippen LogP contribution >= 0.6 is 11.6 Å². The number of hydrogen-bond acceptors (Lipinski definition) is 2. The van der Waals surface area contributed by atoms with Crippen LogP contribution in [0.4, 0.5) is 0 Å². The summed E-state index contributed by atoms with van der Waals surface area (Å²) in [5, 5.41) is 2.69. The van der Waals surface area contributed by atoms with E-state index in [0.717, 1.165) is 5.56 Å². The highest BCUT2D eigenvalue weighted by Crippen LogP contribution is 2.11. The summed E-state index contributed by atoms with van der Waals surface area (Å²) < 4.78 is 0. The minimum atomic E-state index is -0.445. The Hall–Kier alpha value is -1.35. The van der Waals surface area contributed by atoms with Crippen LogP contribution in [0.15, 0.2) is 35.3 Å². The molecular weight excluding hydrogens is 200 g/mol. The van der Waals surface area contributed by atoms with Gasteiger partial charge in [-0.05, 0) is 0 Å². The number of nitrogens with zero attached hydrogens (tertiary/aromatic N) is 1. The van der Waals surface area contributed by atoms with Crippen molar-refractivity contribution in [2.75, 3.05) is 0 Å². The first-order chi connectivity index (χ1) is 6.75. The maximum atomic E-state index is 11.2. The first-order valence-corrected chi connectivity index (χ1v) is 4.76. The molecule has 2 rings (SSSR count). The Morgan fingerprint density at radius 1 is 1.36 bits per heavy atom. The molecule has 1 aliphatic rings. The molecule has 0 aromatic heterocycles. The number of hydrogen-bond donors (Lipinski definition) is 1. The summed E-state index contributed by atoms with van der Waals surface area (Å²) in [5.74, 6) is 0.473. The van der Waals surface area contributed by atoms with Gasteiger partial charge in [-0.15, -0.1) is 0 Å². The molecule has 0 radical (unpaired) electrons. The fourth-order valence-corrected chi connectivity index (χ4v) is 1.53. The Bertz CT molecular complexity index is 375. The van der Waals surface area contributed by atoms with Crippen LogP contribution in [0.1, 0.15) is 12.0 Å². The summed E-state index contributed by atoms with van der Waals surface area (Å²) in [5.41, 5.74) is 0.435. The van der Waals surface area contributed by atoms with E-state index in [1.54, 1.807) is 0 Å². The van der Waals surface area contributed by atoms with Gasteiger partial charge >= 0.3 is 0 Å². The molecular formula is C10H9ClN2O. The Balaban J connectivity index is 2.31. The standard InChI is InChI=1S/C10H9ClN2O/c11-8-6-9(14)13-10(12-8)7-4-2-1-3-5-7/h1-5,8H,6H2,(H,12,13,14). The summed E-state index contributed by atoms with van der Waals surface area (Å²) in [7, 11) is 0. The molecule has 0 aliphatic carbocycles. The minimum absolute atomic E-state index is 0.0844. The van der Waals surface area contributed by atoms with E-state index in [1.165, 1.54) is 0 Å². The topological polar surface area (TPSA) is 41.5 Å². The highest BCUT2D eigenvalue weighted by Gasteiger charge is 2.19. The van der Waals surface area contributed by atoms with Crippen molar-refractivity contribution in [1.82, 2.24) is 5.32 Å². The number of carbonyl (C=O) groups is 1. The second-order valence-corrected chi connectivity index (χ2v) is 3.53. The van der Waals surface area contributed by atoms with E-state index in [0.29, 0.717) is 5.84 Å². The number of nitrogens with one attached hydrogen (secondary N) is 1. The molecule has 14 heavy (non-hydrogen) atoms. The third-order valence-electron chi connectivity index (χ3n) is 1.93. The van der Waals surface area contributed by atoms with E-state index in [2.05, 4.69) is 10.3 Å². The predicted octanol–water partition coefficient (Wildman–Crippen LogP) is 1.52. The van der Waals surface area contributed by atoms with Gasteiger partial charge in [-0.1, -0.05) is 41.9 Å². The van der Waals surface area contributed by atoms with Gasteiger partial charge in [0.15, 0.2) is 0 Å². The lowest BCUT2D eigenvalue weighted by Gasteiger charge is -2.16. The van der Waals surface area contributed by atoms with E-state index in [9.17, 15) is 4.79 Å². The van der Waals surface area contributed by atoms with Gasteiger partial charge in [0.1, 0.15) is 11.3 Å². The lowest BCUT2D eigenvalue weighted by Crippen LogP contribution is -2.37. The SMILES string of the molecule is O=C1CC(Cl)N=C(c2ccccc2)N1. The lowest BCUT2D eigenvalue weighted by molar-refractivity contribution is -0.119. The second-order valence-electron chi connectivity index (χ2n) is 3.03. The second kappa shape index (κ2) is 3.80. The molecule has 4 heteroatoms. The summed E-state index contributed by atoms with van der Waals surface area (Å²) >= 11 is 5.81. The molecule has 3 nitrogen and oxygen atoms in total. The minimum Gasteiger partial charge on any atom is -0.310 e. The van der Waals surface area contributed by atoms with E-state index >= 15 is 0 Å². The zero-order valence-corrected chi connectivity index (χ0v) is 8.16. The van der Waals surface area contributed by atoms with E-state index < -0.39 is 5.50 Å². The van der Waals surface area contributed by atoms with Crippen molar-refractivity contribution in [3.8, 4) is 0 Å². The molecule has 1 N–H and O–H groups in total. The van der Waals surface area contributed by atoms with Crippen LogP contribution < -0.4 is 5.32 Å². The third kappa shape index (κ3) is 1.93. The van der Waals surface area contributed by atoms with Crippen molar-refractivity contribution in [2.24, 2.45) is 4.99 Å². The maximum Gasteiger partial charge on any atom is 0.228 e. The van der Waals surface area contributed by atoms with Gasteiger partial charge in [0.2, 0.25) is 5.91 Å². The smallest absolute Gasteiger partial charge is 0.228 e. The van der Waals surface area contributed by atoms with E-state index in [-0.39, 0.29) is 12.3 Å². The summed E-state index contributed by atoms with van der Waals surface area (Å²) in [6.45, 7) is 0. The monoisotopic (exact) mass is 208 g/mol. The molecule has 1 heterocycles. The first kappa shape index (κ1) is 9.21. The Kier molecular flexibility index (Phi) is 2.50. The summed E-state index contributed by atoms with van der Waals surface area (Å²) in [6.07, 6.45) is 0.248. The van der Waals surface area contributed by atoms with Crippen LogP contribution in [0.5, 0.6) is 0 Å². The van der Waals surface area contributed by atoms with E-state index in [1.807, 2.05) is 30.3 Å². The number of alkyl halides is 1. The van der Waals surface area contributed by atoms with Crippen molar-refractivity contribution >= 4 is 23.3 Å². The Morgan fingerprint density at radius 2 is 2.07 bits per heavy atom. The van der Waals surface area contributed by atoms with Crippen LogP contribution in [0.25, 0.3) is 0 Å². The molecule has 0 saturated heterocycles. The van der Waals surface area contributed by atoms with Crippen LogP contribution in [0.3, 0.4) is 0 Å². The number of amidine groups is 1. The highest BCUT2D eigenvalue weighted by atomic mass is 35.5. The highest BCUT2D eigenvalue weighted by molar-refractivity contribution is 6.24. The fourth-order valence-electron chi connectivity index (χ4n) is 1.30. The Morgan fingerprint density at radius 3 is 2.71 bits per heavy atom. The van der Waals surface area contributed by atoms with Gasteiger partial charge in [-0.25, -0.2) is 4.99 Å². The Labute approximate surface area is 86.8 Å². The maximum absolute atomic E-state index is 11.2. The van der Waals surface area contributed by atoms with Crippen molar-refractivity contribution in [1.29, 1.82) is 0 Å². The van der Waals surface area contributed by atoms with Crippen molar-refractivity contribution in [3.05, 3.63) is 35.9 Å².